The molecule has 0 saturated carbocycles. The maximum Gasteiger partial charge on any atom is 0.194 e. The third-order valence-electron chi connectivity index (χ3n) is 2.87. The van der Waals surface area contributed by atoms with Crippen molar-refractivity contribution >= 4 is 16.3 Å². The molecule has 17 heavy (non-hydrogen) atoms. The lowest BCUT2D eigenvalue weighted by molar-refractivity contribution is 0.284. The Morgan fingerprint density at radius 1 is 1.29 bits per heavy atom. The van der Waals surface area contributed by atoms with E-state index >= 15 is 0 Å². The van der Waals surface area contributed by atoms with Gasteiger partial charge in [-0.25, -0.2) is 4.98 Å². The molecule has 2 aromatic heterocycles. The van der Waals surface area contributed by atoms with Crippen LogP contribution in [0.3, 0.4) is 0 Å². The molecule has 86 valence electrons. The van der Waals surface area contributed by atoms with Crippen LogP contribution in [0.5, 0.6) is 0 Å². The van der Waals surface area contributed by atoms with Crippen LogP contribution in [0.25, 0.3) is 16.2 Å². The Morgan fingerprint density at radius 3 is 2.71 bits per heavy atom. The molecule has 0 aliphatic carbocycles. The Balaban J connectivity index is 2.15. The van der Waals surface area contributed by atoms with E-state index in [-0.39, 0.29) is 6.61 Å². The Morgan fingerprint density at radius 2 is 2.06 bits per heavy atom. The molecule has 3 rings (SSSR count). The summed E-state index contributed by atoms with van der Waals surface area (Å²) < 4.78 is 2.04. The lowest BCUT2D eigenvalue weighted by Crippen LogP contribution is -1.86. The van der Waals surface area contributed by atoms with Crippen LogP contribution in [0, 0.1) is 6.92 Å². The van der Waals surface area contributed by atoms with Gasteiger partial charge in [-0.1, -0.05) is 41.7 Å². The number of aromatic nitrogens is 2. The van der Waals surface area contributed by atoms with E-state index in [1.54, 1.807) is 11.3 Å². The van der Waals surface area contributed by atoms with Crippen LogP contribution in [-0.4, -0.2) is 14.5 Å². The molecular formula is C13H12N2OS. The molecule has 0 bridgehead atoms. The largest absolute Gasteiger partial charge is 0.391 e. The van der Waals surface area contributed by atoms with Crippen LogP contribution in [0.4, 0.5) is 0 Å². The second-order valence-electron chi connectivity index (χ2n) is 3.91. The van der Waals surface area contributed by atoms with E-state index in [9.17, 15) is 5.11 Å². The number of thiazole rings is 1. The van der Waals surface area contributed by atoms with Crippen molar-refractivity contribution < 1.29 is 5.11 Å². The molecule has 0 amide bonds. The summed E-state index contributed by atoms with van der Waals surface area (Å²) in [5.74, 6) is 0. The zero-order valence-corrected chi connectivity index (χ0v) is 10.2. The van der Waals surface area contributed by atoms with Gasteiger partial charge in [0.05, 0.1) is 17.2 Å². The molecule has 0 fully saturated rings. The first-order chi connectivity index (χ1) is 8.29. The van der Waals surface area contributed by atoms with E-state index < -0.39 is 0 Å². The molecule has 0 unspecified atom stereocenters. The van der Waals surface area contributed by atoms with E-state index in [1.807, 2.05) is 35.7 Å². The molecular weight excluding hydrogens is 232 g/mol. The van der Waals surface area contributed by atoms with Gasteiger partial charge in [-0.15, -0.1) is 0 Å². The topological polar surface area (TPSA) is 37.5 Å². The highest BCUT2D eigenvalue weighted by Crippen LogP contribution is 2.26. The number of rotatable bonds is 2. The molecule has 1 N–H and O–H groups in total. The van der Waals surface area contributed by atoms with Gasteiger partial charge < -0.3 is 5.11 Å². The summed E-state index contributed by atoms with van der Waals surface area (Å²) in [5.41, 5.74) is 3.17. The highest BCUT2D eigenvalue weighted by molar-refractivity contribution is 7.17. The van der Waals surface area contributed by atoms with Gasteiger partial charge in [-0.3, -0.25) is 4.40 Å². The van der Waals surface area contributed by atoms with Gasteiger partial charge in [-0.2, -0.15) is 0 Å². The lowest BCUT2D eigenvalue weighted by atomic mass is 10.2. The zero-order valence-electron chi connectivity index (χ0n) is 9.42. The number of aryl methyl sites for hydroxylation is 1. The number of hydrogen-bond donors (Lipinski definition) is 1. The zero-order chi connectivity index (χ0) is 11.8. The second kappa shape index (κ2) is 3.98. The molecule has 0 aliphatic rings. The van der Waals surface area contributed by atoms with E-state index in [2.05, 4.69) is 17.1 Å². The van der Waals surface area contributed by atoms with Gasteiger partial charge >= 0.3 is 0 Å². The lowest BCUT2D eigenvalue weighted by Gasteiger charge is -1.95. The van der Waals surface area contributed by atoms with Crippen molar-refractivity contribution in [2.75, 3.05) is 0 Å². The molecule has 0 radical (unpaired) electrons. The van der Waals surface area contributed by atoms with E-state index in [0.29, 0.717) is 0 Å². The minimum absolute atomic E-state index is 0.0839. The van der Waals surface area contributed by atoms with Crippen molar-refractivity contribution in [2.24, 2.45) is 0 Å². The van der Waals surface area contributed by atoms with Gasteiger partial charge in [0.25, 0.3) is 0 Å². The summed E-state index contributed by atoms with van der Waals surface area (Å²) in [6, 6.07) is 10.1. The first-order valence-corrected chi connectivity index (χ1v) is 6.25. The van der Waals surface area contributed by atoms with Crippen molar-refractivity contribution in [3.8, 4) is 11.3 Å². The van der Waals surface area contributed by atoms with Crippen LogP contribution in [-0.2, 0) is 6.61 Å². The van der Waals surface area contributed by atoms with Gasteiger partial charge in [0.1, 0.15) is 0 Å². The number of imidazole rings is 1. The number of aliphatic hydroxyl groups excluding tert-OH is 1. The van der Waals surface area contributed by atoms with Gasteiger partial charge in [0.15, 0.2) is 4.96 Å². The van der Waals surface area contributed by atoms with E-state index in [4.69, 9.17) is 0 Å². The maximum absolute atomic E-state index is 9.19. The third-order valence-corrected chi connectivity index (χ3v) is 4.01. The summed E-state index contributed by atoms with van der Waals surface area (Å²) in [6.45, 7) is 2.09. The second-order valence-corrected chi connectivity index (χ2v) is 4.98. The fourth-order valence-electron chi connectivity index (χ4n) is 1.89. The normalized spacial score (nSPS) is 11.2. The number of benzene rings is 1. The Kier molecular flexibility index (Phi) is 2.46. The van der Waals surface area contributed by atoms with Crippen molar-refractivity contribution in [3.05, 3.63) is 47.1 Å². The van der Waals surface area contributed by atoms with E-state index in [0.717, 1.165) is 26.8 Å². The number of aliphatic hydroxyl groups is 1. The highest BCUT2D eigenvalue weighted by atomic mass is 32.1. The average molecular weight is 244 g/mol. The molecule has 2 heterocycles. The molecule has 3 aromatic rings. The molecule has 4 heteroatoms. The highest BCUT2D eigenvalue weighted by Gasteiger charge is 2.11. The number of fused-ring (bicyclic) bond motifs is 1. The van der Waals surface area contributed by atoms with Gasteiger partial charge in [0.2, 0.25) is 0 Å². The summed E-state index contributed by atoms with van der Waals surface area (Å²) >= 11 is 1.54. The van der Waals surface area contributed by atoms with Crippen LogP contribution in [0.2, 0.25) is 0 Å². The van der Waals surface area contributed by atoms with Crippen molar-refractivity contribution in [1.29, 1.82) is 0 Å². The molecule has 0 atom stereocenters. The van der Waals surface area contributed by atoms with E-state index in [1.165, 1.54) is 0 Å². The fourth-order valence-corrected chi connectivity index (χ4v) is 2.85. The predicted molar refractivity (Wildman–Crippen MR) is 69.2 cm³/mol. The quantitative estimate of drug-likeness (QED) is 0.752. The minimum Gasteiger partial charge on any atom is -0.391 e. The third kappa shape index (κ3) is 1.66. The molecule has 1 aromatic carbocycles. The maximum atomic E-state index is 9.19. The first-order valence-electron chi connectivity index (χ1n) is 5.43. The summed E-state index contributed by atoms with van der Waals surface area (Å²) in [5, 5.41) is 9.19. The van der Waals surface area contributed by atoms with Crippen molar-refractivity contribution in [3.63, 3.8) is 0 Å². The minimum atomic E-state index is 0.0839. The Bertz CT molecular complexity index is 655. The monoisotopic (exact) mass is 244 g/mol. The number of hydrogen-bond acceptors (Lipinski definition) is 3. The van der Waals surface area contributed by atoms with Gasteiger partial charge in [-0.05, 0) is 6.92 Å². The molecule has 0 aliphatic heterocycles. The van der Waals surface area contributed by atoms with Crippen LogP contribution >= 0.6 is 11.3 Å². The average Bonchev–Trinajstić information content (AvgIpc) is 2.90. The molecule has 0 saturated heterocycles. The number of nitrogens with zero attached hydrogens (tertiary/aromatic N) is 2. The Labute approximate surface area is 103 Å². The Hall–Kier alpha value is -1.65. The van der Waals surface area contributed by atoms with Crippen molar-refractivity contribution in [1.82, 2.24) is 9.38 Å². The predicted octanol–water partition coefficient (Wildman–Crippen LogP) is 2.86. The fraction of sp³-hybridized carbons (Fsp3) is 0.154. The summed E-state index contributed by atoms with van der Waals surface area (Å²) in [7, 11) is 0. The molecule has 3 nitrogen and oxygen atoms in total. The van der Waals surface area contributed by atoms with Crippen molar-refractivity contribution in [2.45, 2.75) is 13.5 Å². The van der Waals surface area contributed by atoms with Gasteiger partial charge in [0, 0.05) is 17.5 Å². The van der Waals surface area contributed by atoms with Crippen LogP contribution in [0.15, 0.2) is 36.5 Å². The SMILES string of the molecule is Cc1c(CO)sc2nc(-c3ccccc3)cn12. The summed E-state index contributed by atoms with van der Waals surface area (Å²) in [6.07, 6.45) is 2.02. The molecule has 0 spiro atoms. The van der Waals surface area contributed by atoms with Crippen LogP contribution < -0.4 is 0 Å². The summed E-state index contributed by atoms with van der Waals surface area (Å²) in [4.78, 5) is 6.50. The first kappa shape index (κ1) is 10.5. The standard InChI is InChI=1S/C13H12N2OS/c1-9-12(8-16)17-13-14-11(7-15(9)13)10-5-3-2-4-6-10/h2-7,16H,8H2,1H3. The van der Waals surface area contributed by atoms with Crippen LogP contribution in [0.1, 0.15) is 10.6 Å². The smallest absolute Gasteiger partial charge is 0.194 e.